The van der Waals surface area contributed by atoms with Crippen molar-refractivity contribution in [3.8, 4) is 0 Å². The molecule has 1 aliphatic heterocycles. The van der Waals surface area contributed by atoms with Gasteiger partial charge in [-0.15, -0.1) is 0 Å². The highest BCUT2D eigenvalue weighted by molar-refractivity contribution is 5.84. The number of nitrogens with one attached hydrogen (secondary N) is 2. The van der Waals surface area contributed by atoms with Crippen molar-refractivity contribution in [2.24, 2.45) is 0 Å². The van der Waals surface area contributed by atoms with Crippen LogP contribution >= 0.6 is 0 Å². The summed E-state index contributed by atoms with van der Waals surface area (Å²) in [5.74, 6) is 0.114. The molecule has 1 heterocycles. The minimum Gasteiger partial charge on any atom is -0.374 e. The molecule has 1 saturated carbocycles. The number of nitrogens with zero attached hydrogens (tertiary/aromatic N) is 1. The molecule has 1 aliphatic carbocycles. The van der Waals surface area contributed by atoms with Gasteiger partial charge in [0.05, 0.1) is 0 Å². The standard InChI is InChI=1S/C21H33N3O/c1-17(21(25)23-18-9-5-4-6-10-18)22-19-11-13-20(14-12-19)24-15-7-2-3-8-16-24/h11-14,17-18,22H,2-10,15-16H2,1H3,(H,23,25)/t17-/m1/s1. The summed E-state index contributed by atoms with van der Waals surface area (Å²) in [7, 11) is 0. The van der Waals surface area contributed by atoms with Crippen LogP contribution in [0.1, 0.15) is 64.7 Å². The van der Waals surface area contributed by atoms with Crippen LogP contribution in [0.3, 0.4) is 0 Å². The van der Waals surface area contributed by atoms with E-state index in [1.165, 1.54) is 50.6 Å². The number of anilines is 2. The second kappa shape index (κ2) is 9.12. The van der Waals surface area contributed by atoms with Crippen molar-refractivity contribution in [3.63, 3.8) is 0 Å². The normalized spacial score (nSPS) is 20.6. The summed E-state index contributed by atoms with van der Waals surface area (Å²) >= 11 is 0. The third-order valence-corrected chi connectivity index (χ3v) is 5.57. The molecular formula is C21H33N3O. The van der Waals surface area contributed by atoms with E-state index < -0.39 is 0 Å². The van der Waals surface area contributed by atoms with Crippen molar-refractivity contribution in [2.45, 2.75) is 76.8 Å². The Kier molecular flexibility index (Phi) is 6.60. The number of carbonyl (C=O) groups excluding carboxylic acids is 1. The van der Waals surface area contributed by atoms with E-state index in [0.29, 0.717) is 6.04 Å². The van der Waals surface area contributed by atoms with Crippen LogP contribution in [0.4, 0.5) is 11.4 Å². The van der Waals surface area contributed by atoms with E-state index in [1.54, 1.807) is 0 Å². The van der Waals surface area contributed by atoms with Gasteiger partial charge in [0.2, 0.25) is 5.91 Å². The van der Waals surface area contributed by atoms with Crippen LogP contribution in [0.25, 0.3) is 0 Å². The minimum absolute atomic E-state index is 0.114. The molecule has 0 radical (unpaired) electrons. The number of amides is 1. The molecule has 1 aromatic carbocycles. The van der Waals surface area contributed by atoms with Gasteiger partial charge in [-0.1, -0.05) is 32.1 Å². The average Bonchev–Trinajstić information content (AvgIpc) is 2.92. The van der Waals surface area contributed by atoms with E-state index in [2.05, 4.69) is 39.8 Å². The van der Waals surface area contributed by atoms with Crippen LogP contribution in [0.15, 0.2) is 24.3 Å². The molecule has 4 nitrogen and oxygen atoms in total. The molecule has 0 spiro atoms. The van der Waals surface area contributed by atoms with E-state index in [-0.39, 0.29) is 11.9 Å². The molecule has 2 aliphatic rings. The van der Waals surface area contributed by atoms with Crippen LogP contribution in [-0.4, -0.2) is 31.1 Å². The second-order valence-corrected chi connectivity index (χ2v) is 7.66. The average molecular weight is 344 g/mol. The Morgan fingerprint density at radius 3 is 2.20 bits per heavy atom. The Labute approximate surface area is 152 Å². The molecule has 1 saturated heterocycles. The summed E-state index contributed by atoms with van der Waals surface area (Å²) in [6, 6.07) is 8.73. The molecule has 0 unspecified atom stereocenters. The summed E-state index contributed by atoms with van der Waals surface area (Å²) in [6.45, 7) is 4.26. The van der Waals surface area contributed by atoms with Gasteiger partial charge in [0.1, 0.15) is 6.04 Å². The number of hydrogen-bond donors (Lipinski definition) is 2. The fourth-order valence-electron chi connectivity index (χ4n) is 3.99. The minimum atomic E-state index is -0.203. The second-order valence-electron chi connectivity index (χ2n) is 7.66. The zero-order valence-electron chi connectivity index (χ0n) is 15.6. The van der Waals surface area contributed by atoms with Gasteiger partial charge in [-0.05, 0) is 56.9 Å². The van der Waals surface area contributed by atoms with Crippen molar-refractivity contribution in [2.75, 3.05) is 23.3 Å². The number of rotatable bonds is 5. The van der Waals surface area contributed by atoms with Gasteiger partial charge in [-0.3, -0.25) is 4.79 Å². The quantitative estimate of drug-likeness (QED) is 0.837. The van der Waals surface area contributed by atoms with E-state index in [9.17, 15) is 4.79 Å². The fraction of sp³-hybridized carbons (Fsp3) is 0.667. The molecule has 25 heavy (non-hydrogen) atoms. The molecule has 4 heteroatoms. The monoisotopic (exact) mass is 343 g/mol. The third kappa shape index (κ3) is 5.38. The van der Waals surface area contributed by atoms with E-state index in [4.69, 9.17) is 0 Å². The molecule has 1 aromatic rings. The molecule has 1 atom stereocenters. The summed E-state index contributed by atoms with van der Waals surface area (Å²) in [5, 5.41) is 6.54. The van der Waals surface area contributed by atoms with Crippen LogP contribution in [0.2, 0.25) is 0 Å². The van der Waals surface area contributed by atoms with Crippen molar-refractivity contribution in [1.82, 2.24) is 5.32 Å². The Morgan fingerprint density at radius 1 is 0.960 bits per heavy atom. The predicted molar refractivity (Wildman–Crippen MR) is 105 cm³/mol. The van der Waals surface area contributed by atoms with Crippen LogP contribution < -0.4 is 15.5 Å². The van der Waals surface area contributed by atoms with Crippen molar-refractivity contribution >= 4 is 17.3 Å². The van der Waals surface area contributed by atoms with E-state index >= 15 is 0 Å². The molecular weight excluding hydrogens is 310 g/mol. The SMILES string of the molecule is C[C@@H](Nc1ccc(N2CCCCCC2)cc1)C(=O)NC1CCCCC1. The zero-order valence-corrected chi connectivity index (χ0v) is 15.6. The lowest BCUT2D eigenvalue weighted by Gasteiger charge is -2.25. The first-order valence-corrected chi connectivity index (χ1v) is 10.1. The highest BCUT2D eigenvalue weighted by Crippen LogP contribution is 2.22. The Balaban J connectivity index is 1.50. The highest BCUT2D eigenvalue weighted by atomic mass is 16.2. The van der Waals surface area contributed by atoms with Gasteiger partial charge in [0, 0.05) is 30.5 Å². The smallest absolute Gasteiger partial charge is 0.242 e. The van der Waals surface area contributed by atoms with Crippen molar-refractivity contribution in [1.29, 1.82) is 0 Å². The van der Waals surface area contributed by atoms with Crippen LogP contribution in [-0.2, 0) is 4.79 Å². The molecule has 138 valence electrons. The first-order chi connectivity index (χ1) is 12.2. The van der Waals surface area contributed by atoms with Crippen LogP contribution in [0, 0.1) is 0 Å². The van der Waals surface area contributed by atoms with E-state index in [1.807, 2.05) is 6.92 Å². The summed E-state index contributed by atoms with van der Waals surface area (Å²) in [4.78, 5) is 14.9. The molecule has 0 aromatic heterocycles. The lowest BCUT2D eigenvalue weighted by atomic mass is 9.95. The first kappa shape index (κ1) is 18.1. The summed E-state index contributed by atoms with van der Waals surface area (Å²) in [5.41, 5.74) is 2.32. The predicted octanol–water partition coefficient (Wildman–Crippen LogP) is 4.32. The molecule has 2 fully saturated rings. The van der Waals surface area contributed by atoms with Gasteiger partial charge in [-0.2, -0.15) is 0 Å². The number of carbonyl (C=O) groups is 1. The number of hydrogen-bond acceptors (Lipinski definition) is 3. The maximum absolute atomic E-state index is 12.4. The molecule has 2 N–H and O–H groups in total. The van der Waals surface area contributed by atoms with Gasteiger partial charge in [-0.25, -0.2) is 0 Å². The van der Waals surface area contributed by atoms with Crippen LogP contribution in [0.5, 0.6) is 0 Å². The Hall–Kier alpha value is -1.71. The van der Waals surface area contributed by atoms with Gasteiger partial charge < -0.3 is 15.5 Å². The largest absolute Gasteiger partial charge is 0.374 e. The van der Waals surface area contributed by atoms with Crippen molar-refractivity contribution in [3.05, 3.63) is 24.3 Å². The Bertz CT molecular complexity index is 529. The molecule has 3 rings (SSSR count). The third-order valence-electron chi connectivity index (χ3n) is 5.57. The molecule has 1 amide bonds. The maximum atomic E-state index is 12.4. The van der Waals surface area contributed by atoms with Gasteiger partial charge >= 0.3 is 0 Å². The lowest BCUT2D eigenvalue weighted by Crippen LogP contribution is -2.44. The summed E-state index contributed by atoms with van der Waals surface area (Å²) in [6.07, 6.45) is 11.3. The maximum Gasteiger partial charge on any atom is 0.242 e. The lowest BCUT2D eigenvalue weighted by molar-refractivity contribution is -0.122. The Morgan fingerprint density at radius 2 is 1.56 bits per heavy atom. The number of benzene rings is 1. The highest BCUT2D eigenvalue weighted by Gasteiger charge is 2.19. The molecule has 0 bridgehead atoms. The first-order valence-electron chi connectivity index (χ1n) is 10.1. The van der Waals surface area contributed by atoms with Gasteiger partial charge in [0.15, 0.2) is 0 Å². The fourth-order valence-corrected chi connectivity index (χ4v) is 3.99. The summed E-state index contributed by atoms with van der Waals surface area (Å²) < 4.78 is 0. The zero-order chi connectivity index (χ0) is 17.5. The van der Waals surface area contributed by atoms with E-state index in [0.717, 1.165) is 31.6 Å². The van der Waals surface area contributed by atoms with Crippen molar-refractivity contribution < 1.29 is 4.79 Å². The topological polar surface area (TPSA) is 44.4 Å². The van der Waals surface area contributed by atoms with Gasteiger partial charge in [0.25, 0.3) is 0 Å².